The number of hydrogen-bond donors (Lipinski definition) is 1. The SMILES string of the molecule is Cc1cccc(NC(=O)CC(c2ccccc2C)n2cccc2)c1. The molecular weight excluding hydrogens is 296 g/mol. The van der Waals surface area contributed by atoms with Crippen molar-refractivity contribution in [2.75, 3.05) is 5.32 Å². The van der Waals surface area contributed by atoms with Gasteiger partial charge in [-0.15, -0.1) is 0 Å². The third-order valence-corrected chi connectivity index (χ3v) is 4.22. The van der Waals surface area contributed by atoms with Crippen molar-refractivity contribution in [2.45, 2.75) is 26.3 Å². The van der Waals surface area contributed by atoms with E-state index in [-0.39, 0.29) is 11.9 Å². The maximum Gasteiger partial charge on any atom is 0.226 e. The van der Waals surface area contributed by atoms with Gasteiger partial charge in [0.2, 0.25) is 5.91 Å². The zero-order chi connectivity index (χ0) is 16.9. The fraction of sp³-hybridized carbons (Fsp3) is 0.190. The van der Waals surface area contributed by atoms with E-state index >= 15 is 0 Å². The van der Waals surface area contributed by atoms with Crippen LogP contribution in [0.25, 0.3) is 0 Å². The summed E-state index contributed by atoms with van der Waals surface area (Å²) in [4.78, 5) is 12.6. The molecule has 0 aliphatic rings. The molecule has 3 aromatic rings. The van der Waals surface area contributed by atoms with Gasteiger partial charge in [-0.2, -0.15) is 0 Å². The lowest BCUT2D eigenvalue weighted by Gasteiger charge is -2.21. The molecule has 1 aromatic heterocycles. The zero-order valence-electron chi connectivity index (χ0n) is 14.1. The molecule has 122 valence electrons. The van der Waals surface area contributed by atoms with Crippen LogP contribution in [-0.2, 0) is 4.79 Å². The Balaban J connectivity index is 1.82. The van der Waals surface area contributed by atoms with Crippen molar-refractivity contribution < 1.29 is 4.79 Å². The van der Waals surface area contributed by atoms with E-state index in [0.29, 0.717) is 6.42 Å². The number of nitrogens with zero attached hydrogens (tertiary/aromatic N) is 1. The Bertz CT molecular complexity index is 821. The second-order valence-corrected chi connectivity index (χ2v) is 6.12. The Labute approximate surface area is 143 Å². The van der Waals surface area contributed by atoms with Crippen molar-refractivity contribution in [3.05, 3.63) is 89.7 Å². The molecule has 2 aromatic carbocycles. The number of anilines is 1. The van der Waals surface area contributed by atoms with E-state index in [1.807, 2.05) is 67.8 Å². The van der Waals surface area contributed by atoms with Gasteiger partial charge in [0.25, 0.3) is 0 Å². The summed E-state index contributed by atoms with van der Waals surface area (Å²) in [5.41, 5.74) is 4.34. The molecule has 0 fully saturated rings. The molecule has 0 saturated heterocycles. The maximum absolute atomic E-state index is 12.6. The number of aromatic nitrogens is 1. The lowest BCUT2D eigenvalue weighted by atomic mass is 9.98. The van der Waals surface area contributed by atoms with Crippen LogP contribution in [-0.4, -0.2) is 10.5 Å². The van der Waals surface area contributed by atoms with E-state index in [2.05, 4.69) is 28.9 Å². The van der Waals surface area contributed by atoms with Crippen LogP contribution < -0.4 is 5.32 Å². The van der Waals surface area contributed by atoms with Crippen LogP contribution in [0.5, 0.6) is 0 Å². The largest absolute Gasteiger partial charge is 0.346 e. The van der Waals surface area contributed by atoms with Crippen molar-refractivity contribution in [2.24, 2.45) is 0 Å². The molecule has 3 rings (SSSR count). The number of nitrogens with one attached hydrogen (secondary N) is 1. The number of carbonyl (C=O) groups is 1. The monoisotopic (exact) mass is 318 g/mol. The first kappa shape index (κ1) is 16.1. The van der Waals surface area contributed by atoms with Crippen LogP contribution in [0.3, 0.4) is 0 Å². The first-order chi connectivity index (χ1) is 11.6. The lowest BCUT2D eigenvalue weighted by Crippen LogP contribution is -2.20. The van der Waals surface area contributed by atoms with Gasteiger partial charge in [0.1, 0.15) is 0 Å². The second kappa shape index (κ2) is 7.18. The average Bonchev–Trinajstić information content (AvgIpc) is 3.07. The number of hydrogen-bond acceptors (Lipinski definition) is 1. The molecule has 1 atom stereocenters. The Morgan fingerprint density at radius 3 is 2.46 bits per heavy atom. The van der Waals surface area contributed by atoms with Crippen molar-refractivity contribution in [1.29, 1.82) is 0 Å². The van der Waals surface area contributed by atoms with Gasteiger partial charge in [0.15, 0.2) is 0 Å². The third-order valence-electron chi connectivity index (χ3n) is 4.22. The lowest BCUT2D eigenvalue weighted by molar-refractivity contribution is -0.116. The van der Waals surface area contributed by atoms with Gasteiger partial charge < -0.3 is 9.88 Å². The zero-order valence-corrected chi connectivity index (χ0v) is 14.1. The second-order valence-electron chi connectivity index (χ2n) is 6.12. The summed E-state index contributed by atoms with van der Waals surface area (Å²) in [6.45, 7) is 4.11. The average molecular weight is 318 g/mol. The van der Waals surface area contributed by atoms with Gasteiger partial charge in [0, 0.05) is 18.1 Å². The summed E-state index contributed by atoms with van der Waals surface area (Å²) < 4.78 is 2.10. The van der Waals surface area contributed by atoms with Crippen molar-refractivity contribution >= 4 is 11.6 Å². The Morgan fingerprint density at radius 2 is 1.75 bits per heavy atom. The van der Waals surface area contributed by atoms with Gasteiger partial charge in [-0.25, -0.2) is 0 Å². The molecule has 1 amide bonds. The van der Waals surface area contributed by atoms with Crippen LogP contribution >= 0.6 is 0 Å². The minimum Gasteiger partial charge on any atom is -0.346 e. The van der Waals surface area contributed by atoms with Crippen LogP contribution in [0.2, 0.25) is 0 Å². The summed E-state index contributed by atoms with van der Waals surface area (Å²) in [7, 11) is 0. The highest BCUT2D eigenvalue weighted by molar-refractivity contribution is 5.91. The minimum absolute atomic E-state index is 0.00832. The first-order valence-corrected chi connectivity index (χ1v) is 8.18. The summed E-state index contributed by atoms with van der Waals surface area (Å²) >= 11 is 0. The Morgan fingerprint density at radius 1 is 1.00 bits per heavy atom. The molecule has 0 saturated carbocycles. The summed E-state index contributed by atoms with van der Waals surface area (Å²) in [6, 6.07) is 20.1. The van der Waals surface area contributed by atoms with E-state index in [9.17, 15) is 4.79 Å². The molecule has 0 spiro atoms. The number of carbonyl (C=O) groups excluding carboxylic acids is 1. The van der Waals surface area contributed by atoms with E-state index in [1.165, 1.54) is 11.1 Å². The highest BCUT2D eigenvalue weighted by atomic mass is 16.1. The van der Waals surface area contributed by atoms with Gasteiger partial charge >= 0.3 is 0 Å². The molecule has 24 heavy (non-hydrogen) atoms. The van der Waals surface area contributed by atoms with Crippen LogP contribution in [0.4, 0.5) is 5.69 Å². The standard InChI is InChI=1S/C21H22N2O/c1-16-8-7-10-18(14-16)22-21(24)15-20(23-12-5-6-13-23)19-11-4-3-9-17(19)2/h3-14,20H,15H2,1-2H3,(H,22,24). The van der Waals surface area contributed by atoms with Crippen molar-refractivity contribution in [1.82, 2.24) is 4.57 Å². The molecule has 3 heteroatoms. The van der Waals surface area contributed by atoms with Gasteiger partial charge in [-0.3, -0.25) is 4.79 Å². The predicted molar refractivity (Wildman–Crippen MR) is 98.2 cm³/mol. The highest BCUT2D eigenvalue weighted by Gasteiger charge is 2.19. The smallest absolute Gasteiger partial charge is 0.226 e. The molecule has 0 radical (unpaired) electrons. The van der Waals surface area contributed by atoms with E-state index in [1.54, 1.807) is 0 Å². The molecule has 0 aliphatic heterocycles. The fourth-order valence-electron chi connectivity index (χ4n) is 3.00. The van der Waals surface area contributed by atoms with Crippen LogP contribution in [0.15, 0.2) is 73.1 Å². The third kappa shape index (κ3) is 3.74. The maximum atomic E-state index is 12.6. The number of rotatable bonds is 5. The molecule has 1 N–H and O–H groups in total. The Hall–Kier alpha value is -2.81. The summed E-state index contributed by atoms with van der Waals surface area (Å²) in [6.07, 6.45) is 4.42. The molecule has 3 nitrogen and oxygen atoms in total. The predicted octanol–water partition coefficient (Wildman–Crippen LogP) is 4.72. The van der Waals surface area contributed by atoms with Crippen molar-refractivity contribution in [3.63, 3.8) is 0 Å². The molecule has 0 bridgehead atoms. The van der Waals surface area contributed by atoms with Gasteiger partial charge in [0.05, 0.1) is 12.5 Å². The van der Waals surface area contributed by atoms with E-state index in [0.717, 1.165) is 11.3 Å². The van der Waals surface area contributed by atoms with Gasteiger partial charge in [-0.05, 0) is 54.8 Å². The molecule has 1 heterocycles. The number of amides is 1. The summed E-state index contributed by atoms with van der Waals surface area (Å²) in [5.74, 6) is 0.0163. The number of benzene rings is 2. The fourth-order valence-corrected chi connectivity index (χ4v) is 3.00. The quantitative estimate of drug-likeness (QED) is 0.725. The summed E-state index contributed by atoms with van der Waals surface area (Å²) in [5, 5.41) is 3.01. The number of aryl methyl sites for hydroxylation is 2. The topological polar surface area (TPSA) is 34.0 Å². The molecule has 0 aliphatic carbocycles. The van der Waals surface area contributed by atoms with E-state index in [4.69, 9.17) is 0 Å². The van der Waals surface area contributed by atoms with Gasteiger partial charge in [-0.1, -0.05) is 36.4 Å². The Kier molecular flexibility index (Phi) is 4.80. The minimum atomic E-state index is -0.00832. The first-order valence-electron chi connectivity index (χ1n) is 8.18. The van der Waals surface area contributed by atoms with Crippen molar-refractivity contribution in [3.8, 4) is 0 Å². The highest BCUT2D eigenvalue weighted by Crippen LogP contribution is 2.26. The van der Waals surface area contributed by atoms with Crippen LogP contribution in [0.1, 0.15) is 29.2 Å². The van der Waals surface area contributed by atoms with Crippen LogP contribution in [0, 0.1) is 13.8 Å². The van der Waals surface area contributed by atoms with E-state index < -0.39 is 0 Å². The molecular formula is C21H22N2O. The molecule has 1 unspecified atom stereocenters. The normalized spacial score (nSPS) is 11.9.